The number of anilines is 1. The highest BCUT2D eigenvalue weighted by molar-refractivity contribution is 5.90. The lowest BCUT2D eigenvalue weighted by Crippen LogP contribution is -2.04. The van der Waals surface area contributed by atoms with Crippen molar-refractivity contribution in [1.82, 2.24) is 0 Å². The topological polar surface area (TPSA) is 61.5 Å². The summed E-state index contributed by atoms with van der Waals surface area (Å²) in [5.74, 6) is -0.380. The predicted molar refractivity (Wildman–Crippen MR) is 72.9 cm³/mol. The first-order chi connectivity index (χ1) is 9.60. The maximum Gasteiger partial charge on any atom is 0.337 e. The zero-order valence-corrected chi connectivity index (χ0v) is 10.9. The second kappa shape index (κ2) is 6.06. The van der Waals surface area contributed by atoms with E-state index < -0.39 is 5.97 Å². The molecule has 0 aromatic heterocycles. The van der Waals surface area contributed by atoms with Crippen LogP contribution < -0.4 is 10.5 Å². The van der Waals surface area contributed by atoms with Crippen molar-refractivity contribution in [2.75, 3.05) is 12.8 Å². The predicted octanol–water partition coefficient (Wildman–Crippen LogP) is 2.77. The number of hydrogen-bond acceptors (Lipinski definition) is 4. The van der Waals surface area contributed by atoms with Gasteiger partial charge in [-0.05, 0) is 35.9 Å². The maximum atomic E-state index is 12.8. The van der Waals surface area contributed by atoms with Gasteiger partial charge in [-0.1, -0.05) is 12.1 Å². The van der Waals surface area contributed by atoms with Crippen LogP contribution in [0.15, 0.2) is 42.5 Å². The van der Waals surface area contributed by atoms with Crippen molar-refractivity contribution >= 4 is 11.7 Å². The van der Waals surface area contributed by atoms with Crippen LogP contribution in [0.2, 0.25) is 0 Å². The van der Waals surface area contributed by atoms with Crippen LogP contribution in [0, 0.1) is 5.82 Å². The van der Waals surface area contributed by atoms with Crippen LogP contribution in [0.3, 0.4) is 0 Å². The molecular weight excluding hydrogens is 261 g/mol. The second-order valence-electron chi connectivity index (χ2n) is 4.16. The number of hydrogen-bond donors (Lipinski definition) is 1. The van der Waals surface area contributed by atoms with Gasteiger partial charge in [0.1, 0.15) is 18.2 Å². The van der Waals surface area contributed by atoms with Crippen molar-refractivity contribution < 1.29 is 18.7 Å². The van der Waals surface area contributed by atoms with E-state index in [1.807, 2.05) is 0 Å². The Morgan fingerprint density at radius 2 is 1.90 bits per heavy atom. The third-order valence-electron chi connectivity index (χ3n) is 2.74. The molecule has 0 heterocycles. The lowest BCUT2D eigenvalue weighted by atomic mass is 10.2. The molecule has 0 atom stereocenters. The van der Waals surface area contributed by atoms with Crippen molar-refractivity contribution in [3.05, 3.63) is 59.4 Å². The number of carbonyl (C=O) groups is 1. The number of nitrogens with two attached hydrogens (primary N) is 1. The van der Waals surface area contributed by atoms with E-state index in [0.717, 1.165) is 5.56 Å². The van der Waals surface area contributed by atoms with E-state index in [1.54, 1.807) is 24.3 Å². The Labute approximate surface area is 115 Å². The molecule has 20 heavy (non-hydrogen) atoms. The molecule has 0 aliphatic rings. The molecule has 0 bridgehead atoms. The van der Waals surface area contributed by atoms with E-state index in [0.29, 0.717) is 17.0 Å². The molecule has 0 saturated heterocycles. The van der Waals surface area contributed by atoms with Gasteiger partial charge >= 0.3 is 5.97 Å². The first kappa shape index (κ1) is 13.9. The van der Waals surface area contributed by atoms with Crippen molar-refractivity contribution in [3.8, 4) is 5.75 Å². The summed E-state index contributed by atoms with van der Waals surface area (Å²) >= 11 is 0. The van der Waals surface area contributed by atoms with Crippen LogP contribution >= 0.6 is 0 Å². The number of esters is 1. The fraction of sp³-hybridized carbons (Fsp3) is 0.133. The van der Waals surface area contributed by atoms with Crippen LogP contribution in [-0.4, -0.2) is 13.1 Å². The second-order valence-corrected chi connectivity index (χ2v) is 4.16. The number of halogens is 1. The Balaban J connectivity index is 2.12. The fourth-order valence-corrected chi connectivity index (χ4v) is 1.65. The number of benzene rings is 2. The molecule has 0 saturated carbocycles. The molecule has 0 aliphatic heterocycles. The van der Waals surface area contributed by atoms with E-state index in [2.05, 4.69) is 4.74 Å². The largest absolute Gasteiger partial charge is 0.487 e. The Kier molecular flexibility index (Phi) is 4.20. The smallest absolute Gasteiger partial charge is 0.337 e. The highest BCUT2D eigenvalue weighted by atomic mass is 19.1. The van der Waals surface area contributed by atoms with Gasteiger partial charge in [0.15, 0.2) is 0 Å². The molecular formula is C15H14FNO3. The SMILES string of the molecule is COC(=O)c1ccc(N)c(OCc2ccc(F)cc2)c1. The minimum absolute atomic E-state index is 0.231. The molecule has 0 aliphatic carbocycles. The summed E-state index contributed by atoms with van der Waals surface area (Å²) < 4.78 is 23.0. The first-order valence-corrected chi connectivity index (χ1v) is 5.95. The summed E-state index contributed by atoms with van der Waals surface area (Å²) in [5, 5.41) is 0. The first-order valence-electron chi connectivity index (χ1n) is 5.95. The van der Waals surface area contributed by atoms with E-state index in [-0.39, 0.29) is 12.4 Å². The maximum absolute atomic E-state index is 12.8. The van der Waals surface area contributed by atoms with Gasteiger partial charge in [0, 0.05) is 0 Å². The number of methoxy groups -OCH3 is 1. The molecule has 0 unspecified atom stereocenters. The Hall–Kier alpha value is -2.56. The van der Waals surface area contributed by atoms with Gasteiger partial charge in [0.25, 0.3) is 0 Å². The van der Waals surface area contributed by atoms with Crippen LogP contribution in [-0.2, 0) is 11.3 Å². The Bertz CT molecular complexity index is 611. The number of ether oxygens (including phenoxy) is 2. The van der Waals surface area contributed by atoms with Gasteiger partial charge in [0.05, 0.1) is 18.4 Å². The molecule has 5 heteroatoms. The Morgan fingerprint density at radius 1 is 1.20 bits per heavy atom. The number of rotatable bonds is 4. The van der Waals surface area contributed by atoms with Gasteiger partial charge in [-0.25, -0.2) is 9.18 Å². The quantitative estimate of drug-likeness (QED) is 0.688. The standard InChI is InChI=1S/C15H14FNO3/c1-19-15(18)11-4-7-13(17)14(8-11)20-9-10-2-5-12(16)6-3-10/h2-8H,9,17H2,1H3. The van der Waals surface area contributed by atoms with E-state index in [1.165, 1.54) is 25.3 Å². The summed E-state index contributed by atoms with van der Waals surface area (Å²) in [6.45, 7) is 0.231. The van der Waals surface area contributed by atoms with Crippen LogP contribution in [0.25, 0.3) is 0 Å². The number of carbonyl (C=O) groups excluding carboxylic acids is 1. The molecule has 0 spiro atoms. The van der Waals surface area contributed by atoms with Crippen LogP contribution in [0.1, 0.15) is 15.9 Å². The van der Waals surface area contributed by atoms with Gasteiger partial charge in [-0.15, -0.1) is 0 Å². The third-order valence-corrected chi connectivity index (χ3v) is 2.74. The summed E-state index contributed by atoms with van der Waals surface area (Å²) in [6, 6.07) is 10.6. The van der Waals surface area contributed by atoms with Crippen molar-refractivity contribution in [2.45, 2.75) is 6.61 Å². The molecule has 104 valence electrons. The fourth-order valence-electron chi connectivity index (χ4n) is 1.65. The third kappa shape index (κ3) is 3.26. The average molecular weight is 275 g/mol. The highest BCUT2D eigenvalue weighted by Gasteiger charge is 2.09. The minimum atomic E-state index is -0.461. The lowest BCUT2D eigenvalue weighted by molar-refractivity contribution is 0.0600. The Morgan fingerprint density at radius 3 is 2.55 bits per heavy atom. The van der Waals surface area contributed by atoms with E-state index in [9.17, 15) is 9.18 Å². The summed E-state index contributed by atoms with van der Waals surface area (Å²) in [5.41, 5.74) is 7.36. The molecule has 0 radical (unpaired) electrons. The van der Waals surface area contributed by atoms with Crippen molar-refractivity contribution in [2.24, 2.45) is 0 Å². The van der Waals surface area contributed by atoms with Crippen molar-refractivity contribution in [3.63, 3.8) is 0 Å². The van der Waals surface area contributed by atoms with Gasteiger partial charge in [-0.3, -0.25) is 0 Å². The van der Waals surface area contributed by atoms with Gasteiger partial charge < -0.3 is 15.2 Å². The molecule has 2 aromatic carbocycles. The monoisotopic (exact) mass is 275 g/mol. The molecule has 4 nitrogen and oxygen atoms in total. The molecule has 0 amide bonds. The average Bonchev–Trinajstić information content (AvgIpc) is 2.47. The van der Waals surface area contributed by atoms with Crippen LogP contribution in [0.5, 0.6) is 5.75 Å². The molecule has 0 fully saturated rings. The van der Waals surface area contributed by atoms with Crippen LogP contribution in [0.4, 0.5) is 10.1 Å². The van der Waals surface area contributed by atoms with E-state index >= 15 is 0 Å². The lowest BCUT2D eigenvalue weighted by Gasteiger charge is -2.10. The van der Waals surface area contributed by atoms with Gasteiger partial charge in [-0.2, -0.15) is 0 Å². The number of nitrogen functional groups attached to an aromatic ring is 1. The normalized spacial score (nSPS) is 10.1. The zero-order valence-electron chi connectivity index (χ0n) is 10.9. The van der Waals surface area contributed by atoms with E-state index in [4.69, 9.17) is 10.5 Å². The minimum Gasteiger partial charge on any atom is -0.487 e. The molecule has 2 N–H and O–H groups in total. The molecule has 2 rings (SSSR count). The van der Waals surface area contributed by atoms with Crippen molar-refractivity contribution in [1.29, 1.82) is 0 Å². The van der Waals surface area contributed by atoms with Gasteiger partial charge in [0.2, 0.25) is 0 Å². The zero-order chi connectivity index (χ0) is 14.5. The highest BCUT2D eigenvalue weighted by Crippen LogP contribution is 2.24. The molecule has 2 aromatic rings. The summed E-state index contributed by atoms with van der Waals surface area (Å²) in [4.78, 5) is 11.4. The summed E-state index contributed by atoms with van der Waals surface area (Å²) in [7, 11) is 1.30. The summed E-state index contributed by atoms with van der Waals surface area (Å²) in [6.07, 6.45) is 0.